The molecule has 0 aliphatic carbocycles. The van der Waals surface area contributed by atoms with Gasteiger partial charge in [-0.2, -0.15) is 0 Å². The molecule has 0 radical (unpaired) electrons. The summed E-state index contributed by atoms with van der Waals surface area (Å²) >= 11 is 6.01. The molecule has 1 aromatic heterocycles. The Hall–Kier alpha value is -1.55. The van der Waals surface area contributed by atoms with E-state index < -0.39 is 0 Å². The van der Waals surface area contributed by atoms with E-state index in [0.717, 1.165) is 23.4 Å². The van der Waals surface area contributed by atoms with E-state index in [1.165, 1.54) is 0 Å². The van der Waals surface area contributed by atoms with Crippen molar-refractivity contribution in [2.45, 2.75) is 39.7 Å². The quantitative estimate of drug-likeness (QED) is 0.789. The second kappa shape index (κ2) is 6.27. The minimum atomic E-state index is -0.332. The summed E-state index contributed by atoms with van der Waals surface area (Å²) in [5.41, 5.74) is 1.81. The number of hydrogen-bond acceptors (Lipinski definition) is 3. The Morgan fingerprint density at radius 1 is 1.40 bits per heavy atom. The van der Waals surface area contributed by atoms with E-state index >= 15 is 0 Å². The zero-order valence-electron chi connectivity index (χ0n) is 12.0. The summed E-state index contributed by atoms with van der Waals surface area (Å²) in [7, 11) is 0. The Bertz CT molecular complexity index is 622. The lowest BCUT2D eigenvalue weighted by Crippen LogP contribution is -2.19. The van der Waals surface area contributed by atoms with Crippen LogP contribution in [0.25, 0.3) is 11.0 Å². The third kappa shape index (κ3) is 2.66. The highest BCUT2D eigenvalue weighted by Gasteiger charge is 2.26. The van der Waals surface area contributed by atoms with Crippen LogP contribution in [-0.4, -0.2) is 22.1 Å². The highest BCUT2D eigenvalue weighted by molar-refractivity contribution is 6.31. The van der Waals surface area contributed by atoms with E-state index in [0.29, 0.717) is 18.1 Å². The third-order valence-corrected chi connectivity index (χ3v) is 3.58. The van der Waals surface area contributed by atoms with Gasteiger partial charge in [0.05, 0.1) is 17.6 Å². The van der Waals surface area contributed by atoms with Gasteiger partial charge in [0, 0.05) is 11.6 Å². The summed E-state index contributed by atoms with van der Waals surface area (Å²) in [5, 5.41) is 0.647. The summed E-state index contributed by atoms with van der Waals surface area (Å²) in [6.45, 7) is 6.95. The zero-order valence-corrected chi connectivity index (χ0v) is 12.8. The van der Waals surface area contributed by atoms with E-state index in [-0.39, 0.29) is 11.9 Å². The minimum absolute atomic E-state index is 0.217. The van der Waals surface area contributed by atoms with Crippen LogP contribution in [0.15, 0.2) is 18.2 Å². The molecule has 2 aromatic rings. The van der Waals surface area contributed by atoms with Gasteiger partial charge in [0.1, 0.15) is 11.7 Å². The van der Waals surface area contributed by atoms with Crippen LogP contribution in [0.1, 0.15) is 38.9 Å². The first-order valence-corrected chi connectivity index (χ1v) is 7.32. The molecule has 0 saturated heterocycles. The van der Waals surface area contributed by atoms with Crippen molar-refractivity contribution >= 4 is 28.6 Å². The van der Waals surface area contributed by atoms with Gasteiger partial charge in [-0.15, -0.1) is 0 Å². The predicted molar refractivity (Wildman–Crippen MR) is 80.1 cm³/mol. The fourth-order valence-electron chi connectivity index (χ4n) is 2.42. The maximum absolute atomic E-state index is 12.1. The van der Waals surface area contributed by atoms with E-state index in [2.05, 4.69) is 9.55 Å². The number of ether oxygens (including phenoxy) is 1. The summed E-state index contributed by atoms with van der Waals surface area (Å²) in [6.07, 6.45) is 0.663. The monoisotopic (exact) mass is 294 g/mol. The van der Waals surface area contributed by atoms with Crippen molar-refractivity contribution in [3.05, 3.63) is 29.0 Å². The van der Waals surface area contributed by atoms with Crippen molar-refractivity contribution in [2.24, 2.45) is 0 Å². The smallest absolute Gasteiger partial charge is 0.316 e. The normalized spacial score (nSPS) is 12.6. The van der Waals surface area contributed by atoms with Gasteiger partial charge in [0.15, 0.2) is 0 Å². The maximum atomic E-state index is 12.1. The number of rotatable bonds is 5. The fourth-order valence-corrected chi connectivity index (χ4v) is 2.58. The third-order valence-electron chi connectivity index (χ3n) is 3.35. The number of carbonyl (C=O) groups excluding carboxylic acids is 1. The number of imidazole rings is 1. The molecule has 2 rings (SSSR count). The van der Waals surface area contributed by atoms with Gasteiger partial charge in [0.25, 0.3) is 0 Å². The van der Waals surface area contributed by atoms with Crippen LogP contribution in [0.2, 0.25) is 5.02 Å². The van der Waals surface area contributed by atoms with Gasteiger partial charge < -0.3 is 9.30 Å². The van der Waals surface area contributed by atoms with Crippen molar-refractivity contribution in [2.75, 3.05) is 6.61 Å². The first-order valence-electron chi connectivity index (χ1n) is 6.94. The van der Waals surface area contributed by atoms with Crippen LogP contribution in [-0.2, 0) is 16.1 Å². The molecular formula is C15H19ClN2O2. The summed E-state index contributed by atoms with van der Waals surface area (Å²) < 4.78 is 7.20. The second-order valence-electron chi connectivity index (χ2n) is 4.56. The molecule has 0 saturated carbocycles. The van der Waals surface area contributed by atoms with Crippen molar-refractivity contribution in [1.29, 1.82) is 0 Å². The SMILES string of the molecule is CCOC(=O)C(CC)c1nc2cc(Cl)ccc2n1CC. The first kappa shape index (κ1) is 14.9. The van der Waals surface area contributed by atoms with Crippen LogP contribution in [0.3, 0.4) is 0 Å². The molecule has 20 heavy (non-hydrogen) atoms. The molecule has 108 valence electrons. The van der Waals surface area contributed by atoms with Gasteiger partial charge in [-0.05, 0) is 38.5 Å². The van der Waals surface area contributed by atoms with Crippen LogP contribution < -0.4 is 0 Å². The highest BCUT2D eigenvalue weighted by Crippen LogP contribution is 2.27. The van der Waals surface area contributed by atoms with Crippen LogP contribution >= 0.6 is 11.6 Å². The molecule has 0 spiro atoms. The Morgan fingerprint density at radius 3 is 2.75 bits per heavy atom. The van der Waals surface area contributed by atoms with Crippen molar-refractivity contribution in [1.82, 2.24) is 9.55 Å². The average Bonchev–Trinajstić information content (AvgIpc) is 2.77. The van der Waals surface area contributed by atoms with Crippen molar-refractivity contribution < 1.29 is 9.53 Å². The van der Waals surface area contributed by atoms with Crippen molar-refractivity contribution in [3.63, 3.8) is 0 Å². The molecule has 1 unspecified atom stereocenters. The number of esters is 1. The number of fused-ring (bicyclic) bond motifs is 1. The standard InChI is InChI=1S/C15H19ClN2O2/c1-4-11(15(19)20-6-3)14-17-12-9-10(16)7-8-13(12)18(14)5-2/h7-9,11H,4-6H2,1-3H3. The first-order chi connectivity index (χ1) is 9.62. The van der Waals surface area contributed by atoms with Gasteiger partial charge in [-0.1, -0.05) is 18.5 Å². The molecule has 1 aromatic carbocycles. The lowest BCUT2D eigenvalue weighted by Gasteiger charge is -2.14. The second-order valence-corrected chi connectivity index (χ2v) is 5.00. The number of aromatic nitrogens is 2. The Labute approximate surface area is 123 Å². The predicted octanol–water partition coefficient (Wildman–Crippen LogP) is 3.77. The molecule has 0 amide bonds. The molecule has 0 fully saturated rings. The number of aryl methyl sites for hydroxylation is 1. The van der Waals surface area contributed by atoms with Crippen LogP contribution in [0, 0.1) is 0 Å². The largest absolute Gasteiger partial charge is 0.465 e. The Balaban J connectivity index is 2.54. The van der Waals surface area contributed by atoms with E-state index in [9.17, 15) is 4.79 Å². The summed E-state index contributed by atoms with van der Waals surface area (Å²) in [6, 6.07) is 5.60. The van der Waals surface area contributed by atoms with Gasteiger partial charge in [-0.25, -0.2) is 4.98 Å². The van der Waals surface area contributed by atoms with Crippen molar-refractivity contribution in [3.8, 4) is 0 Å². The van der Waals surface area contributed by atoms with Gasteiger partial charge in [0.2, 0.25) is 0 Å². The number of nitrogens with zero attached hydrogens (tertiary/aromatic N) is 2. The zero-order chi connectivity index (χ0) is 14.7. The minimum Gasteiger partial charge on any atom is -0.465 e. The maximum Gasteiger partial charge on any atom is 0.316 e. The Morgan fingerprint density at radius 2 is 2.15 bits per heavy atom. The molecule has 5 heteroatoms. The highest BCUT2D eigenvalue weighted by atomic mass is 35.5. The lowest BCUT2D eigenvalue weighted by molar-refractivity contribution is -0.145. The number of benzene rings is 1. The molecule has 1 heterocycles. The molecule has 4 nitrogen and oxygen atoms in total. The van der Waals surface area contributed by atoms with Gasteiger partial charge in [-0.3, -0.25) is 4.79 Å². The molecule has 1 atom stereocenters. The molecular weight excluding hydrogens is 276 g/mol. The van der Waals surface area contributed by atoms with E-state index in [4.69, 9.17) is 16.3 Å². The average molecular weight is 295 g/mol. The molecule has 0 N–H and O–H groups in total. The van der Waals surface area contributed by atoms with Crippen LogP contribution in [0.5, 0.6) is 0 Å². The molecule has 0 aliphatic rings. The number of carbonyl (C=O) groups is 1. The number of halogens is 1. The summed E-state index contributed by atoms with van der Waals surface area (Å²) in [5.74, 6) is 0.206. The fraction of sp³-hybridized carbons (Fsp3) is 0.467. The van der Waals surface area contributed by atoms with E-state index in [1.807, 2.05) is 39.0 Å². The topological polar surface area (TPSA) is 44.1 Å². The van der Waals surface area contributed by atoms with Gasteiger partial charge >= 0.3 is 5.97 Å². The lowest BCUT2D eigenvalue weighted by atomic mass is 10.1. The molecule has 0 aliphatic heterocycles. The number of hydrogen-bond donors (Lipinski definition) is 0. The Kier molecular flexibility index (Phi) is 4.65. The van der Waals surface area contributed by atoms with E-state index in [1.54, 1.807) is 0 Å². The van der Waals surface area contributed by atoms with Crippen LogP contribution in [0.4, 0.5) is 0 Å². The molecule has 0 bridgehead atoms. The summed E-state index contributed by atoms with van der Waals surface area (Å²) in [4.78, 5) is 16.7.